The summed E-state index contributed by atoms with van der Waals surface area (Å²) in [5, 5.41) is 0. The number of carbonyl (C=O) groups is 1. The summed E-state index contributed by atoms with van der Waals surface area (Å²) in [5.74, 6) is -0.0288. The molecule has 2 atom stereocenters. The monoisotopic (exact) mass is 316 g/mol. The van der Waals surface area contributed by atoms with E-state index in [1.54, 1.807) is 17.0 Å². The van der Waals surface area contributed by atoms with Crippen LogP contribution in [0.15, 0.2) is 24.3 Å². The van der Waals surface area contributed by atoms with Crippen molar-refractivity contribution in [2.75, 3.05) is 19.6 Å². The van der Waals surface area contributed by atoms with Crippen molar-refractivity contribution in [3.8, 4) is 5.75 Å². The Kier molecular flexibility index (Phi) is 6.92. The third-order valence-corrected chi connectivity index (χ3v) is 3.68. The van der Waals surface area contributed by atoms with Crippen molar-refractivity contribution < 1.29 is 13.9 Å². The van der Waals surface area contributed by atoms with Gasteiger partial charge < -0.3 is 15.4 Å². The summed E-state index contributed by atoms with van der Waals surface area (Å²) >= 11 is 0. The summed E-state index contributed by atoms with van der Waals surface area (Å²) < 4.78 is 19.1. The first kappa shape index (κ1) is 17.7. The van der Waals surface area contributed by atoms with E-state index in [1.165, 1.54) is 12.1 Å². The molecule has 6 heteroatoms. The highest BCUT2D eigenvalue weighted by atomic mass is 35.5. The molecule has 2 N–H and O–H groups in total. The Morgan fingerprint density at radius 1 is 1.52 bits per heavy atom. The summed E-state index contributed by atoms with van der Waals surface area (Å²) in [5.41, 5.74) is 5.63. The fraction of sp³-hybridized carbons (Fsp3) is 0.533. The quantitative estimate of drug-likeness (QED) is 0.906. The molecule has 2 unspecified atom stereocenters. The zero-order chi connectivity index (χ0) is 14.5. The number of nitrogens with two attached hydrogens (primary N) is 1. The minimum Gasteiger partial charge on any atom is -0.478 e. The predicted molar refractivity (Wildman–Crippen MR) is 82.1 cm³/mol. The van der Waals surface area contributed by atoms with Gasteiger partial charge in [-0.05, 0) is 37.4 Å². The molecular formula is C15H22ClFN2O2. The van der Waals surface area contributed by atoms with Crippen molar-refractivity contribution >= 4 is 18.3 Å². The molecule has 1 amide bonds. The molecule has 1 aromatic rings. The van der Waals surface area contributed by atoms with E-state index < -0.39 is 11.9 Å². The van der Waals surface area contributed by atoms with Crippen LogP contribution in [-0.4, -0.2) is 36.5 Å². The van der Waals surface area contributed by atoms with Gasteiger partial charge in [-0.15, -0.1) is 12.4 Å². The number of amides is 1. The summed E-state index contributed by atoms with van der Waals surface area (Å²) in [4.78, 5) is 14.2. The average molecular weight is 317 g/mol. The maximum absolute atomic E-state index is 13.6. The van der Waals surface area contributed by atoms with Gasteiger partial charge in [0.25, 0.3) is 5.91 Å². The largest absolute Gasteiger partial charge is 0.478 e. The highest BCUT2D eigenvalue weighted by molar-refractivity contribution is 5.85. The zero-order valence-corrected chi connectivity index (χ0v) is 12.9. The zero-order valence-electron chi connectivity index (χ0n) is 12.1. The molecule has 1 saturated heterocycles. The first-order valence-electron chi connectivity index (χ1n) is 7.05. The number of ether oxygens (including phenoxy) is 1. The molecule has 118 valence electrons. The Balaban J connectivity index is 0.00000220. The smallest absolute Gasteiger partial charge is 0.263 e. The lowest BCUT2D eigenvalue weighted by molar-refractivity contribution is -0.138. The third kappa shape index (κ3) is 4.32. The second-order valence-corrected chi connectivity index (χ2v) is 5.12. The fourth-order valence-electron chi connectivity index (χ4n) is 2.43. The number of nitrogens with zero attached hydrogens (tertiary/aromatic N) is 1. The Hall–Kier alpha value is -1.33. The molecule has 0 saturated carbocycles. The lowest BCUT2D eigenvalue weighted by atomic mass is 10.1. The van der Waals surface area contributed by atoms with Gasteiger partial charge >= 0.3 is 0 Å². The van der Waals surface area contributed by atoms with Gasteiger partial charge in [0, 0.05) is 13.1 Å². The molecule has 1 aliphatic heterocycles. The normalized spacial score (nSPS) is 19.0. The Bertz CT molecular complexity index is 473. The molecule has 0 spiro atoms. The number of para-hydroxylation sites is 1. The van der Waals surface area contributed by atoms with Gasteiger partial charge in [0.15, 0.2) is 17.7 Å². The number of likely N-dealkylation sites (tertiary alicyclic amines) is 1. The van der Waals surface area contributed by atoms with Gasteiger partial charge in [-0.25, -0.2) is 4.39 Å². The van der Waals surface area contributed by atoms with Crippen LogP contribution in [0.2, 0.25) is 0 Å². The van der Waals surface area contributed by atoms with Crippen molar-refractivity contribution in [2.45, 2.75) is 25.9 Å². The van der Waals surface area contributed by atoms with Gasteiger partial charge in [-0.3, -0.25) is 4.79 Å². The Morgan fingerprint density at radius 2 is 2.24 bits per heavy atom. The van der Waals surface area contributed by atoms with E-state index in [-0.39, 0.29) is 24.1 Å². The Labute approximate surface area is 130 Å². The molecule has 21 heavy (non-hydrogen) atoms. The van der Waals surface area contributed by atoms with Crippen molar-refractivity contribution in [1.29, 1.82) is 0 Å². The average Bonchev–Trinajstić information content (AvgIpc) is 2.94. The lowest BCUT2D eigenvalue weighted by Crippen LogP contribution is -2.41. The van der Waals surface area contributed by atoms with Gasteiger partial charge in [0.1, 0.15) is 0 Å². The van der Waals surface area contributed by atoms with E-state index in [0.717, 1.165) is 6.42 Å². The predicted octanol–water partition coefficient (Wildman–Crippen LogP) is 2.21. The van der Waals surface area contributed by atoms with E-state index in [1.807, 2.05) is 6.92 Å². The van der Waals surface area contributed by atoms with Crippen LogP contribution < -0.4 is 10.5 Å². The standard InChI is InChI=1S/C15H21FN2O2.ClH/c1-2-13(20-14-6-4-3-5-12(14)16)15(19)18-8-7-11(9-17)10-18;/h3-6,11,13H,2,7-10,17H2,1H3;1H. The maximum atomic E-state index is 13.6. The number of rotatable bonds is 5. The van der Waals surface area contributed by atoms with E-state index in [4.69, 9.17) is 10.5 Å². The summed E-state index contributed by atoms with van der Waals surface area (Å²) in [6, 6.07) is 6.15. The first-order valence-corrected chi connectivity index (χ1v) is 7.05. The molecule has 1 fully saturated rings. The van der Waals surface area contributed by atoms with E-state index >= 15 is 0 Å². The highest BCUT2D eigenvalue weighted by Gasteiger charge is 2.30. The van der Waals surface area contributed by atoms with Crippen LogP contribution in [-0.2, 0) is 4.79 Å². The minimum atomic E-state index is -0.636. The molecule has 2 rings (SSSR count). The van der Waals surface area contributed by atoms with Crippen LogP contribution in [0.1, 0.15) is 19.8 Å². The van der Waals surface area contributed by atoms with Crippen LogP contribution in [0.3, 0.4) is 0 Å². The molecule has 0 bridgehead atoms. The van der Waals surface area contributed by atoms with Gasteiger partial charge in [-0.1, -0.05) is 19.1 Å². The van der Waals surface area contributed by atoms with Crippen molar-refractivity contribution in [3.05, 3.63) is 30.1 Å². The first-order chi connectivity index (χ1) is 9.65. The molecule has 1 heterocycles. The van der Waals surface area contributed by atoms with Crippen molar-refractivity contribution in [2.24, 2.45) is 11.7 Å². The van der Waals surface area contributed by atoms with Crippen molar-refractivity contribution in [3.63, 3.8) is 0 Å². The summed E-state index contributed by atoms with van der Waals surface area (Å²) in [6.45, 7) is 3.83. The van der Waals surface area contributed by atoms with Crippen LogP contribution in [0.25, 0.3) is 0 Å². The van der Waals surface area contributed by atoms with E-state index in [2.05, 4.69) is 0 Å². The number of halogens is 2. The molecule has 1 aliphatic rings. The SMILES string of the molecule is CCC(Oc1ccccc1F)C(=O)N1CCC(CN)C1.Cl. The maximum Gasteiger partial charge on any atom is 0.263 e. The number of hydrogen-bond donors (Lipinski definition) is 1. The number of hydrogen-bond acceptors (Lipinski definition) is 3. The van der Waals surface area contributed by atoms with Crippen molar-refractivity contribution in [1.82, 2.24) is 4.90 Å². The van der Waals surface area contributed by atoms with Crippen LogP contribution >= 0.6 is 12.4 Å². The number of benzene rings is 1. The highest BCUT2D eigenvalue weighted by Crippen LogP contribution is 2.21. The van der Waals surface area contributed by atoms with E-state index in [0.29, 0.717) is 32.0 Å². The second-order valence-electron chi connectivity index (χ2n) is 5.12. The molecule has 1 aromatic carbocycles. The fourth-order valence-corrected chi connectivity index (χ4v) is 2.43. The van der Waals surface area contributed by atoms with Gasteiger partial charge in [0.05, 0.1) is 0 Å². The topological polar surface area (TPSA) is 55.6 Å². The van der Waals surface area contributed by atoms with Crippen LogP contribution in [0, 0.1) is 11.7 Å². The van der Waals surface area contributed by atoms with Gasteiger partial charge in [0.2, 0.25) is 0 Å². The van der Waals surface area contributed by atoms with Gasteiger partial charge in [-0.2, -0.15) is 0 Å². The molecule has 0 aromatic heterocycles. The minimum absolute atomic E-state index is 0. The number of carbonyl (C=O) groups excluding carboxylic acids is 1. The molecule has 4 nitrogen and oxygen atoms in total. The molecular weight excluding hydrogens is 295 g/mol. The summed E-state index contributed by atoms with van der Waals surface area (Å²) in [6.07, 6.45) is 0.804. The molecule has 0 aliphatic carbocycles. The van der Waals surface area contributed by atoms with Crippen LogP contribution in [0.5, 0.6) is 5.75 Å². The van der Waals surface area contributed by atoms with Crippen LogP contribution in [0.4, 0.5) is 4.39 Å². The molecule has 0 radical (unpaired) electrons. The summed E-state index contributed by atoms with van der Waals surface area (Å²) in [7, 11) is 0. The van der Waals surface area contributed by atoms with E-state index in [9.17, 15) is 9.18 Å². The lowest BCUT2D eigenvalue weighted by Gasteiger charge is -2.23. The third-order valence-electron chi connectivity index (χ3n) is 3.68. The second kappa shape index (κ2) is 8.20. The Morgan fingerprint density at radius 3 is 2.81 bits per heavy atom.